The van der Waals surface area contributed by atoms with E-state index in [2.05, 4.69) is 20.6 Å². The van der Waals surface area contributed by atoms with E-state index in [9.17, 15) is 4.79 Å². The molecule has 1 amide bonds. The molecule has 2 aromatic carbocycles. The zero-order chi connectivity index (χ0) is 20.6. The third kappa shape index (κ3) is 4.92. The van der Waals surface area contributed by atoms with Gasteiger partial charge in [-0.3, -0.25) is 4.79 Å². The summed E-state index contributed by atoms with van der Waals surface area (Å²) in [6.07, 6.45) is 2.89. The van der Waals surface area contributed by atoms with Gasteiger partial charge in [0.2, 0.25) is 0 Å². The van der Waals surface area contributed by atoms with Crippen LogP contribution in [0.15, 0.2) is 54.9 Å². The molecule has 8 nitrogen and oxygen atoms in total. The molecule has 0 fully saturated rings. The molecule has 150 valence electrons. The molecule has 0 aliphatic heterocycles. The van der Waals surface area contributed by atoms with Crippen molar-refractivity contribution in [3.63, 3.8) is 0 Å². The van der Waals surface area contributed by atoms with Crippen molar-refractivity contribution in [1.29, 1.82) is 0 Å². The lowest BCUT2D eigenvalue weighted by Crippen LogP contribution is -2.15. The first-order valence-electron chi connectivity index (χ1n) is 8.99. The highest BCUT2D eigenvalue weighted by molar-refractivity contribution is 6.03. The first kappa shape index (κ1) is 19.9. The van der Waals surface area contributed by atoms with Gasteiger partial charge in [0.1, 0.15) is 28.8 Å². The number of rotatable bonds is 8. The Hall–Kier alpha value is -3.81. The summed E-state index contributed by atoms with van der Waals surface area (Å²) in [7, 11) is 3.08. The Morgan fingerprint density at radius 1 is 0.966 bits per heavy atom. The molecule has 3 rings (SSSR count). The van der Waals surface area contributed by atoms with Crippen LogP contribution in [0.5, 0.6) is 17.2 Å². The highest BCUT2D eigenvalue weighted by Crippen LogP contribution is 2.29. The number of methoxy groups -OCH3 is 2. The SMILES string of the molecule is CCOc1ccccc1Nc1cnc(C(=O)Nc2ccc(OC)cc2OC)cn1. The number of nitrogens with zero attached hydrogens (tertiary/aromatic N) is 2. The Balaban J connectivity index is 1.71. The number of hydrogen-bond acceptors (Lipinski definition) is 7. The van der Waals surface area contributed by atoms with Gasteiger partial charge in [-0.1, -0.05) is 12.1 Å². The first-order chi connectivity index (χ1) is 14.1. The highest BCUT2D eigenvalue weighted by Gasteiger charge is 2.13. The van der Waals surface area contributed by atoms with Gasteiger partial charge in [-0.15, -0.1) is 0 Å². The molecule has 0 atom stereocenters. The number of carbonyl (C=O) groups is 1. The minimum atomic E-state index is -0.401. The quantitative estimate of drug-likeness (QED) is 0.598. The fraction of sp³-hybridized carbons (Fsp3) is 0.190. The van der Waals surface area contributed by atoms with Gasteiger partial charge in [-0.2, -0.15) is 0 Å². The lowest BCUT2D eigenvalue weighted by atomic mass is 10.2. The minimum absolute atomic E-state index is 0.173. The number of amides is 1. The standard InChI is InChI=1S/C21H22N4O4/c1-4-29-18-8-6-5-7-15(18)24-20-13-22-17(12-23-20)21(26)25-16-10-9-14(27-2)11-19(16)28-3/h5-13H,4H2,1-3H3,(H,23,24)(H,25,26). The number of aromatic nitrogens is 2. The number of ether oxygens (including phenoxy) is 3. The fourth-order valence-electron chi connectivity index (χ4n) is 2.59. The van der Waals surface area contributed by atoms with Gasteiger partial charge in [0, 0.05) is 6.07 Å². The summed E-state index contributed by atoms with van der Waals surface area (Å²) in [6, 6.07) is 12.6. The summed E-state index contributed by atoms with van der Waals surface area (Å²) in [4.78, 5) is 21.0. The van der Waals surface area contributed by atoms with Gasteiger partial charge in [0.05, 0.1) is 44.6 Å². The van der Waals surface area contributed by atoms with Crippen LogP contribution in [0.1, 0.15) is 17.4 Å². The van der Waals surface area contributed by atoms with Crippen LogP contribution < -0.4 is 24.8 Å². The second kappa shape index (κ2) is 9.41. The molecule has 1 heterocycles. The lowest BCUT2D eigenvalue weighted by Gasteiger charge is -2.12. The maximum Gasteiger partial charge on any atom is 0.275 e. The van der Waals surface area contributed by atoms with Crippen molar-refractivity contribution in [3.05, 3.63) is 60.6 Å². The second-order valence-electron chi connectivity index (χ2n) is 5.86. The van der Waals surface area contributed by atoms with Gasteiger partial charge >= 0.3 is 0 Å². The summed E-state index contributed by atoms with van der Waals surface area (Å²) in [5.74, 6) is 1.92. The van der Waals surface area contributed by atoms with Crippen LogP contribution in [0.4, 0.5) is 17.2 Å². The van der Waals surface area contributed by atoms with Crippen LogP contribution in [0.25, 0.3) is 0 Å². The van der Waals surface area contributed by atoms with E-state index in [1.807, 2.05) is 31.2 Å². The van der Waals surface area contributed by atoms with Crippen molar-refractivity contribution in [2.75, 3.05) is 31.5 Å². The molecule has 0 spiro atoms. The molecular formula is C21H22N4O4. The van der Waals surface area contributed by atoms with E-state index >= 15 is 0 Å². The van der Waals surface area contributed by atoms with Crippen molar-refractivity contribution in [3.8, 4) is 17.2 Å². The summed E-state index contributed by atoms with van der Waals surface area (Å²) in [5, 5.41) is 5.90. The van der Waals surface area contributed by atoms with Crippen LogP contribution in [-0.4, -0.2) is 36.7 Å². The number of carbonyl (C=O) groups excluding carboxylic acids is 1. The number of hydrogen-bond donors (Lipinski definition) is 2. The van der Waals surface area contributed by atoms with E-state index in [0.717, 1.165) is 5.69 Å². The smallest absolute Gasteiger partial charge is 0.275 e. The second-order valence-corrected chi connectivity index (χ2v) is 5.86. The summed E-state index contributed by atoms with van der Waals surface area (Å²) >= 11 is 0. The van der Waals surface area contributed by atoms with Crippen molar-refractivity contribution < 1.29 is 19.0 Å². The van der Waals surface area contributed by atoms with Crippen LogP contribution in [0.2, 0.25) is 0 Å². The fourth-order valence-corrected chi connectivity index (χ4v) is 2.59. The zero-order valence-electron chi connectivity index (χ0n) is 16.4. The maximum atomic E-state index is 12.5. The van der Waals surface area contributed by atoms with Gasteiger partial charge in [0.25, 0.3) is 5.91 Å². The Labute approximate surface area is 168 Å². The third-order valence-electron chi connectivity index (χ3n) is 3.99. The third-order valence-corrected chi connectivity index (χ3v) is 3.99. The molecule has 0 saturated carbocycles. The number of para-hydroxylation sites is 2. The van der Waals surface area contributed by atoms with E-state index in [4.69, 9.17) is 14.2 Å². The molecule has 8 heteroatoms. The monoisotopic (exact) mass is 394 g/mol. The van der Waals surface area contributed by atoms with E-state index in [1.165, 1.54) is 19.5 Å². The first-order valence-corrected chi connectivity index (χ1v) is 8.99. The molecule has 1 aromatic heterocycles. The molecule has 0 aliphatic carbocycles. The summed E-state index contributed by atoms with van der Waals surface area (Å²) in [6.45, 7) is 2.47. The molecule has 2 N–H and O–H groups in total. The Kier molecular flexibility index (Phi) is 6.47. The topological polar surface area (TPSA) is 94.6 Å². The molecule has 29 heavy (non-hydrogen) atoms. The Morgan fingerprint density at radius 2 is 1.79 bits per heavy atom. The van der Waals surface area contributed by atoms with Gasteiger partial charge in [-0.05, 0) is 31.2 Å². The Bertz CT molecular complexity index is 977. The molecule has 0 saturated heterocycles. The van der Waals surface area contributed by atoms with Gasteiger partial charge in [-0.25, -0.2) is 9.97 Å². The Morgan fingerprint density at radius 3 is 2.48 bits per heavy atom. The molecular weight excluding hydrogens is 372 g/mol. The van der Waals surface area contributed by atoms with Crippen LogP contribution in [0.3, 0.4) is 0 Å². The lowest BCUT2D eigenvalue weighted by molar-refractivity contribution is 0.102. The molecule has 0 unspecified atom stereocenters. The van der Waals surface area contributed by atoms with E-state index in [0.29, 0.717) is 35.4 Å². The van der Waals surface area contributed by atoms with Crippen LogP contribution in [-0.2, 0) is 0 Å². The molecule has 0 aliphatic rings. The largest absolute Gasteiger partial charge is 0.497 e. The maximum absolute atomic E-state index is 12.5. The van der Waals surface area contributed by atoms with E-state index < -0.39 is 5.91 Å². The predicted molar refractivity (Wildman–Crippen MR) is 110 cm³/mol. The molecule has 0 radical (unpaired) electrons. The number of anilines is 3. The average molecular weight is 394 g/mol. The average Bonchev–Trinajstić information content (AvgIpc) is 2.76. The number of benzene rings is 2. The van der Waals surface area contributed by atoms with E-state index in [-0.39, 0.29) is 5.69 Å². The van der Waals surface area contributed by atoms with Crippen molar-refractivity contribution in [2.45, 2.75) is 6.92 Å². The van der Waals surface area contributed by atoms with Crippen molar-refractivity contribution >= 4 is 23.1 Å². The van der Waals surface area contributed by atoms with Gasteiger partial charge < -0.3 is 24.8 Å². The van der Waals surface area contributed by atoms with Crippen molar-refractivity contribution in [2.24, 2.45) is 0 Å². The molecule has 0 bridgehead atoms. The normalized spacial score (nSPS) is 10.2. The van der Waals surface area contributed by atoms with Crippen molar-refractivity contribution in [1.82, 2.24) is 9.97 Å². The minimum Gasteiger partial charge on any atom is -0.497 e. The number of nitrogens with one attached hydrogen (secondary N) is 2. The zero-order valence-corrected chi connectivity index (χ0v) is 16.4. The van der Waals surface area contributed by atoms with E-state index in [1.54, 1.807) is 25.3 Å². The highest BCUT2D eigenvalue weighted by atomic mass is 16.5. The summed E-state index contributed by atoms with van der Waals surface area (Å²) in [5.41, 5.74) is 1.45. The van der Waals surface area contributed by atoms with Crippen LogP contribution in [0, 0.1) is 0 Å². The predicted octanol–water partition coefficient (Wildman–Crippen LogP) is 3.89. The van der Waals surface area contributed by atoms with Crippen LogP contribution >= 0.6 is 0 Å². The van der Waals surface area contributed by atoms with Gasteiger partial charge in [0.15, 0.2) is 0 Å². The molecule has 3 aromatic rings. The summed E-state index contributed by atoms with van der Waals surface area (Å²) < 4.78 is 16.0.